The topological polar surface area (TPSA) is 101 Å². The van der Waals surface area contributed by atoms with Crippen molar-refractivity contribution in [2.75, 3.05) is 0 Å². The second-order valence-electron chi connectivity index (χ2n) is 4.72. The van der Waals surface area contributed by atoms with Crippen LogP contribution in [0.25, 0.3) is 11.2 Å². The van der Waals surface area contributed by atoms with Gasteiger partial charge in [0, 0.05) is 89.8 Å². The van der Waals surface area contributed by atoms with E-state index in [-0.39, 0.29) is 72.3 Å². The Balaban J connectivity index is 0. The molecule has 11 heteroatoms. The van der Waals surface area contributed by atoms with E-state index < -0.39 is 7.60 Å². The van der Waals surface area contributed by atoms with Gasteiger partial charge in [-0.3, -0.25) is 15.5 Å². The van der Waals surface area contributed by atoms with Gasteiger partial charge in [-0.2, -0.15) is 12.8 Å². The van der Waals surface area contributed by atoms with Crippen LogP contribution in [0.4, 0.5) is 0 Å². The molecule has 0 aromatic carbocycles. The molecule has 0 atom stereocenters. The van der Waals surface area contributed by atoms with Crippen molar-refractivity contribution in [2.24, 2.45) is 0 Å². The first-order valence-electron chi connectivity index (χ1n) is 6.13. The molecule has 2 aromatic rings. The van der Waals surface area contributed by atoms with Gasteiger partial charge in [0.15, 0.2) is 7.60 Å². The summed E-state index contributed by atoms with van der Waals surface area (Å²) in [7, 11) is -3.89. The van der Waals surface area contributed by atoms with Crippen molar-refractivity contribution >= 4 is 18.8 Å². The molecule has 1 saturated carbocycles. The van der Waals surface area contributed by atoms with Crippen molar-refractivity contribution in [3.05, 3.63) is 30.9 Å². The van der Waals surface area contributed by atoms with Gasteiger partial charge in [0.2, 0.25) is 0 Å². The van der Waals surface area contributed by atoms with Gasteiger partial charge in [0.1, 0.15) is 0 Å². The van der Waals surface area contributed by atoms with Gasteiger partial charge in [-0.1, -0.05) is 6.92 Å². The molecule has 0 bridgehead atoms. The van der Waals surface area contributed by atoms with Crippen LogP contribution in [-0.4, -0.2) is 29.3 Å². The molecular weight excluding hydrogens is 603 g/mol. The van der Waals surface area contributed by atoms with E-state index in [0.717, 1.165) is 23.4 Å². The molecule has 2 N–H and O–H groups in total. The van der Waals surface area contributed by atoms with Crippen molar-refractivity contribution in [2.45, 2.75) is 32.7 Å². The zero-order chi connectivity index (χ0) is 14.8. The third kappa shape index (κ3) is 8.83. The molecule has 2 radical (unpaired) electrons. The minimum Gasteiger partial charge on any atom is -0.398 e. The molecule has 124 valence electrons. The molecule has 1 fully saturated rings. The maximum absolute atomic E-state index is 9.22. The van der Waals surface area contributed by atoms with Gasteiger partial charge >= 0.3 is 0 Å². The molecule has 0 spiro atoms. The SMILES string of the molecule is Cc1n[c-]nc2c1ncn2C[C-]1CCC1.[CH2-]P(=O)(O)O.[V].[W].[Y]. The van der Waals surface area contributed by atoms with Crippen LogP contribution in [0.15, 0.2) is 6.33 Å². The summed E-state index contributed by atoms with van der Waals surface area (Å²) in [6.07, 6.45) is 8.37. The molecule has 1 aliphatic rings. The summed E-state index contributed by atoms with van der Waals surface area (Å²) in [5.41, 5.74) is 2.70. The number of imidazole rings is 1. The third-order valence-electron chi connectivity index (χ3n) is 2.98. The van der Waals surface area contributed by atoms with Gasteiger partial charge in [0.05, 0.1) is 6.33 Å². The first kappa shape index (κ1) is 26.3. The molecule has 2 aromatic heterocycles. The number of aromatic nitrogens is 4. The van der Waals surface area contributed by atoms with Crippen molar-refractivity contribution in [3.63, 3.8) is 0 Å². The van der Waals surface area contributed by atoms with Crippen molar-refractivity contribution in [1.82, 2.24) is 19.5 Å². The fraction of sp³-hybridized carbons (Fsp3) is 0.417. The van der Waals surface area contributed by atoms with Crippen LogP contribution in [0.3, 0.4) is 0 Å². The van der Waals surface area contributed by atoms with Crippen molar-refractivity contribution < 1.29 is 86.7 Å². The van der Waals surface area contributed by atoms with Gasteiger partial charge in [-0.05, 0) is 5.69 Å². The van der Waals surface area contributed by atoms with Crippen LogP contribution in [0.5, 0.6) is 0 Å². The first-order valence-corrected chi connectivity index (χ1v) is 7.93. The quantitative estimate of drug-likeness (QED) is 0.392. The van der Waals surface area contributed by atoms with E-state index in [1.54, 1.807) is 5.92 Å². The summed E-state index contributed by atoms with van der Waals surface area (Å²) in [6.45, 7) is 5.34. The summed E-state index contributed by atoms with van der Waals surface area (Å²) >= 11 is 0. The number of hydrogen-bond donors (Lipinski definition) is 2. The maximum Gasteiger partial charge on any atom is 0.179 e. The fourth-order valence-corrected chi connectivity index (χ4v) is 1.89. The van der Waals surface area contributed by atoms with E-state index in [0.29, 0.717) is 0 Å². The summed E-state index contributed by atoms with van der Waals surface area (Å²) in [6, 6.07) is 0. The Morgan fingerprint density at radius 2 is 2.00 bits per heavy atom. The Kier molecular flexibility index (Phi) is 13.3. The number of nitrogens with zero attached hydrogens (tertiary/aromatic N) is 4. The van der Waals surface area contributed by atoms with E-state index in [9.17, 15) is 4.57 Å². The smallest absolute Gasteiger partial charge is 0.179 e. The van der Waals surface area contributed by atoms with Crippen LogP contribution >= 0.6 is 7.60 Å². The largest absolute Gasteiger partial charge is 0.398 e. The van der Waals surface area contributed by atoms with E-state index in [2.05, 4.69) is 32.5 Å². The second-order valence-corrected chi connectivity index (χ2v) is 6.05. The van der Waals surface area contributed by atoms with Gasteiger partial charge < -0.3 is 24.3 Å². The average molecular weight is 619 g/mol. The summed E-state index contributed by atoms with van der Waals surface area (Å²) in [4.78, 5) is 27.6. The number of rotatable bonds is 2. The van der Waals surface area contributed by atoms with Gasteiger partial charge in [-0.25, -0.2) is 6.66 Å². The van der Waals surface area contributed by atoms with Crippen molar-refractivity contribution in [1.29, 1.82) is 0 Å². The molecule has 1 aliphatic carbocycles. The Bertz CT molecular complexity index is 642. The second kappa shape index (κ2) is 11.6. The molecule has 7 nitrogen and oxygen atoms in total. The number of aryl methyl sites for hydroxylation is 1. The zero-order valence-corrected chi connectivity index (χ0v) is 20.6. The number of hydrogen-bond acceptors (Lipinski definition) is 4. The Morgan fingerprint density at radius 1 is 1.43 bits per heavy atom. The standard InChI is InChI=1S/C11H12N4.CH4O3P.V.W.Y/c1-8-10-11(13-6-12-8)15(7-14-10)5-9-3-2-4-9;1-5(2,3)4;;;/h7H,2-5H2,1H3;1H2,(H2,2,3,4);;;/q-2;-1;;;. The average Bonchev–Trinajstić information content (AvgIpc) is 2.66. The molecule has 3 rings (SSSR count). The van der Waals surface area contributed by atoms with Crippen LogP contribution in [0.2, 0.25) is 0 Å². The summed E-state index contributed by atoms with van der Waals surface area (Å²) < 4.78 is 11.3. The first-order chi connectivity index (χ1) is 9.34. The van der Waals surface area contributed by atoms with Crippen LogP contribution in [-0.2, 0) is 83.4 Å². The van der Waals surface area contributed by atoms with Crippen LogP contribution < -0.4 is 0 Å². The monoisotopic (exact) mass is 619 g/mol. The van der Waals surface area contributed by atoms with E-state index >= 15 is 0 Å². The minimum atomic E-state index is -3.89. The van der Waals surface area contributed by atoms with Gasteiger partial charge in [0.25, 0.3) is 0 Å². The van der Waals surface area contributed by atoms with Crippen LogP contribution in [0.1, 0.15) is 25.0 Å². The normalized spacial score (nSPS) is 13.6. The number of fused-ring (bicyclic) bond motifs is 1. The maximum atomic E-state index is 9.22. The van der Waals surface area contributed by atoms with Crippen LogP contribution in [0, 0.1) is 25.8 Å². The zero-order valence-electron chi connectivity index (χ0n) is 12.6. The fourth-order valence-electron chi connectivity index (χ4n) is 1.89. The Labute approximate surface area is 187 Å². The predicted octanol–water partition coefficient (Wildman–Crippen LogP) is 1.64. The molecular formula is C12H16N4O3PVWY-3. The van der Waals surface area contributed by atoms with E-state index in [1.165, 1.54) is 19.3 Å². The van der Waals surface area contributed by atoms with Crippen molar-refractivity contribution in [3.8, 4) is 0 Å². The third-order valence-corrected chi connectivity index (χ3v) is 2.98. The summed E-state index contributed by atoms with van der Waals surface area (Å²) in [5.74, 6) is 1.59. The van der Waals surface area contributed by atoms with E-state index in [1.807, 2.05) is 13.3 Å². The van der Waals surface area contributed by atoms with E-state index in [4.69, 9.17) is 9.79 Å². The molecule has 2 heterocycles. The molecule has 0 amide bonds. The predicted molar refractivity (Wildman–Crippen MR) is 73.4 cm³/mol. The summed E-state index contributed by atoms with van der Waals surface area (Å²) in [5, 5.41) is 0. The molecule has 23 heavy (non-hydrogen) atoms. The molecule has 0 saturated heterocycles. The Hall–Kier alpha value is 1.08. The molecule has 0 unspecified atom stereocenters. The minimum absolute atomic E-state index is 0. The van der Waals surface area contributed by atoms with Gasteiger partial charge in [-0.15, -0.1) is 13.0 Å². The Morgan fingerprint density at radius 3 is 2.48 bits per heavy atom. The molecule has 0 aliphatic heterocycles.